The van der Waals surface area contributed by atoms with E-state index in [0.717, 1.165) is 73.5 Å². The average molecular weight is 475 g/mol. The molecule has 6 rings (SSSR count). The standard InChI is InChI=1S/C28H34N4O3/c1-18-4-2-3-5-23(18)32-16-20-8-9-24(30-26(20)25(28(32)34)21-12-15-35-17-21)29-22-10-13-31(14-11-22)27(33)19-6-7-19/h2-5,8-9,19,21-22,25H,6-7,10-17H2,1H3,(H,29,30). The molecule has 1 N–H and O–H groups in total. The van der Waals surface area contributed by atoms with Crippen LogP contribution in [0.25, 0.3) is 0 Å². The minimum absolute atomic E-state index is 0.124. The highest BCUT2D eigenvalue weighted by atomic mass is 16.5. The van der Waals surface area contributed by atoms with Gasteiger partial charge in [0.15, 0.2) is 0 Å². The predicted octanol–water partition coefficient (Wildman–Crippen LogP) is 3.87. The summed E-state index contributed by atoms with van der Waals surface area (Å²) in [5.41, 5.74) is 4.09. The number of para-hydroxylation sites is 1. The molecule has 2 unspecified atom stereocenters. The molecule has 0 radical (unpaired) electrons. The highest BCUT2D eigenvalue weighted by Crippen LogP contribution is 2.40. The van der Waals surface area contributed by atoms with Gasteiger partial charge < -0.3 is 19.9 Å². The summed E-state index contributed by atoms with van der Waals surface area (Å²) in [4.78, 5) is 35.2. The van der Waals surface area contributed by atoms with Gasteiger partial charge in [0, 0.05) is 43.3 Å². The number of ether oxygens (including phenoxy) is 1. The van der Waals surface area contributed by atoms with Crippen molar-refractivity contribution < 1.29 is 14.3 Å². The normalized spacial score (nSPS) is 25.0. The molecule has 1 aliphatic carbocycles. The van der Waals surface area contributed by atoms with Crippen LogP contribution in [-0.4, -0.2) is 54.0 Å². The smallest absolute Gasteiger partial charge is 0.236 e. The van der Waals surface area contributed by atoms with E-state index in [9.17, 15) is 9.59 Å². The number of nitrogens with zero attached hydrogens (tertiary/aromatic N) is 3. The highest BCUT2D eigenvalue weighted by Gasteiger charge is 2.42. The van der Waals surface area contributed by atoms with Crippen LogP contribution in [0.1, 0.15) is 54.8 Å². The minimum atomic E-state index is -0.291. The molecular formula is C28H34N4O3. The van der Waals surface area contributed by atoms with Crippen LogP contribution in [0.4, 0.5) is 11.5 Å². The topological polar surface area (TPSA) is 74.8 Å². The Balaban J connectivity index is 1.23. The summed E-state index contributed by atoms with van der Waals surface area (Å²) in [6.45, 7) is 5.51. The molecule has 4 heterocycles. The maximum Gasteiger partial charge on any atom is 0.236 e. The zero-order valence-electron chi connectivity index (χ0n) is 20.4. The Morgan fingerprint density at radius 1 is 1.06 bits per heavy atom. The fourth-order valence-corrected chi connectivity index (χ4v) is 5.87. The second-order valence-corrected chi connectivity index (χ2v) is 10.6. The molecule has 35 heavy (non-hydrogen) atoms. The molecule has 0 bridgehead atoms. The lowest BCUT2D eigenvalue weighted by molar-refractivity contribution is -0.133. The number of amides is 2. The number of fused-ring (bicyclic) bond motifs is 1. The molecule has 4 aliphatic rings. The van der Waals surface area contributed by atoms with E-state index in [2.05, 4.69) is 30.4 Å². The number of aromatic nitrogens is 1. The van der Waals surface area contributed by atoms with Crippen molar-refractivity contribution in [2.45, 2.75) is 57.5 Å². The van der Waals surface area contributed by atoms with Crippen LogP contribution in [-0.2, 0) is 20.9 Å². The van der Waals surface area contributed by atoms with Crippen LogP contribution >= 0.6 is 0 Å². The third-order valence-electron chi connectivity index (χ3n) is 8.10. The summed E-state index contributed by atoms with van der Waals surface area (Å²) in [7, 11) is 0. The van der Waals surface area contributed by atoms with Crippen LogP contribution in [0, 0.1) is 18.8 Å². The Labute approximate surface area is 206 Å². The van der Waals surface area contributed by atoms with Gasteiger partial charge in [-0.05, 0) is 62.3 Å². The number of aryl methyl sites for hydroxylation is 1. The third kappa shape index (κ3) is 4.42. The molecule has 2 aromatic rings. The first-order valence-electron chi connectivity index (χ1n) is 13.1. The monoisotopic (exact) mass is 474 g/mol. The number of hydrogen-bond acceptors (Lipinski definition) is 5. The van der Waals surface area contributed by atoms with Gasteiger partial charge in [0.25, 0.3) is 0 Å². The van der Waals surface area contributed by atoms with Crippen molar-refractivity contribution in [3.8, 4) is 0 Å². The van der Waals surface area contributed by atoms with Crippen LogP contribution in [0.3, 0.4) is 0 Å². The molecule has 184 valence electrons. The van der Waals surface area contributed by atoms with E-state index in [1.807, 2.05) is 28.0 Å². The van der Waals surface area contributed by atoms with Crippen LogP contribution in [0.15, 0.2) is 36.4 Å². The van der Waals surface area contributed by atoms with Gasteiger partial charge in [-0.15, -0.1) is 0 Å². The summed E-state index contributed by atoms with van der Waals surface area (Å²) >= 11 is 0. The zero-order valence-corrected chi connectivity index (χ0v) is 20.4. The quantitative estimate of drug-likeness (QED) is 0.712. The SMILES string of the molecule is Cc1ccccc1N1Cc2ccc(NC3CCN(C(=O)C4CC4)CC3)nc2C(C2CCOC2)C1=O. The van der Waals surface area contributed by atoms with Gasteiger partial charge in [0.1, 0.15) is 5.82 Å². The van der Waals surface area contributed by atoms with Crippen molar-refractivity contribution >= 4 is 23.3 Å². The molecule has 2 saturated heterocycles. The second kappa shape index (κ2) is 9.26. The lowest BCUT2D eigenvalue weighted by Crippen LogP contribution is -2.44. The number of hydrogen-bond donors (Lipinski definition) is 1. The maximum absolute atomic E-state index is 13.9. The number of anilines is 2. The molecule has 1 aromatic heterocycles. The maximum atomic E-state index is 13.9. The molecular weight excluding hydrogens is 440 g/mol. The first-order chi connectivity index (χ1) is 17.1. The number of carbonyl (C=O) groups is 2. The average Bonchev–Trinajstić information content (AvgIpc) is 3.59. The highest BCUT2D eigenvalue weighted by molar-refractivity contribution is 6.00. The van der Waals surface area contributed by atoms with Gasteiger partial charge in [-0.25, -0.2) is 4.98 Å². The lowest BCUT2D eigenvalue weighted by Gasteiger charge is -2.37. The van der Waals surface area contributed by atoms with Crippen molar-refractivity contribution in [3.63, 3.8) is 0 Å². The van der Waals surface area contributed by atoms with E-state index in [1.165, 1.54) is 0 Å². The Bertz CT molecular complexity index is 1120. The van der Waals surface area contributed by atoms with Crippen molar-refractivity contribution in [2.75, 3.05) is 36.5 Å². The van der Waals surface area contributed by atoms with E-state index in [-0.39, 0.29) is 23.7 Å². The third-order valence-corrected chi connectivity index (χ3v) is 8.10. The van der Waals surface area contributed by atoms with Crippen LogP contribution < -0.4 is 10.2 Å². The summed E-state index contributed by atoms with van der Waals surface area (Å²) in [5, 5.41) is 3.61. The van der Waals surface area contributed by atoms with Crippen molar-refractivity contribution in [2.24, 2.45) is 11.8 Å². The number of piperidine rings is 1. The number of likely N-dealkylation sites (tertiary alicyclic amines) is 1. The van der Waals surface area contributed by atoms with Crippen molar-refractivity contribution in [3.05, 3.63) is 53.2 Å². The van der Waals surface area contributed by atoms with Gasteiger partial charge in [0.2, 0.25) is 11.8 Å². The van der Waals surface area contributed by atoms with E-state index in [1.54, 1.807) is 0 Å². The molecule has 0 spiro atoms. The van der Waals surface area contributed by atoms with Crippen molar-refractivity contribution in [1.82, 2.24) is 9.88 Å². The zero-order chi connectivity index (χ0) is 23.9. The molecule has 1 aromatic carbocycles. The Morgan fingerprint density at radius 2 is 1.86 bits per heavy atom. The van der Waals surface area contributed by atoms with Gasteiger partial charge in [0.05, 0.1) is 24.8 Å². The number of nitrogens with one attached hydrogen (secondary N) is 1. The van der Waals surface area contributed by atoms with E-state index in [0.29, 0.717) is 31.7 Å². The lowest BCUT2D eigenvalue weighted by atomic mass is 9.82. The van der Waals surface area contributed by atoms with Crippen molar-refractivity contribution in [1.29, 1.82) is 0 Å². The Kier molecular flexibility index (Phi) is 5.96. The molecule has 7 heteroatoms. The molecule has 3 fully saturated rings. The van der Waals surface area contributed by atoms with E-state index >= 15 is 0 Å². The van der Waals surface area contributed by atoms with Gasteiger partial charge >= 0.3 is 0 Å². The minimum Gasteiger partial charge on any atom is -0.381 e. The second-order valence-electron chi connectivity index (χ2n) is 10.6. The number of benzene rings is 1. The summed E-state index contributed by atoms with van der Waals surface area (Å²) in [5.74, 6) is 1.44. The molecule has 7 nitrogen and oxygen atoms in total. The predicted molar refractivity (Wildman–Crippen MR) is 134 cm³/mol. The first kappa shape index (κ1) is 22.5. The fourth-order valence-electron chi connectivity index (χ4n) is 5.87. The number of rotatable bonds is 5. The fraction of sp³-hybridized carbons (Fsp3) is 0.536. The Morgan fingerprint density at radius 3 is 2.57 bits per heavy atom. The molecule has 3 aliphatic heterocycles. The van der Waals surface area contributed by atoms with Gasteiger partial charge in [-0.1, -0.05) is 24.3 Å². The first-order valence-corrected chi connectivity index (χ1v) is 13.1. The molecule has 1 saturated carbocycles. The number of carbonyl (C=O) groups excluding carboxylic acids is 2. The van der Waals surface area contributed by atoms with Crippen LogP contribution in [0.5, 0.6) is 0 Å². The number of pyridine rings is 1. The Hall–Kier alpha value is -2.93. The largest absolute Gasteiger partial charge is 0.381 e. The van der Waals surface area contributed by atoms with E-state index < -0.39 is 0 Å². The van der Waals surface area contributed by atoms with Gasteiger partial charge in [-0.3, -0.25) is 9.59 Å². The summed E-state index contributed by atoms with van der Waals surface area (Å²) in [6, 6.07) is 12.6. The van der Waals surface area contributed by atoms with E-state index in [4.69, 9.17) is 9.72 Å². The molecule has 2 amide bonds. The van der Waals surface area contributed by atoms with Gasteiger partial charge in [-0.2, -0.15) is 0 Å². The summed E-state index contributed by atoms with van der Waals surface area (Å²) < 4.78 is 5.69. The summed E-state index contributed by atoms with van der Waals surface area (Å²) in [6.07, 6.45) is 4.85. The van der Waals surface area contributed by atoms with Crippen LogP contribution in [0.2, 0.25) is 0 Å². The molecule has 2 atom stereocenters.